The molecular formula is C12H11ClN2. The van der Waals surface area contributed by atoms with Gasteiger partial charge in [-0.15, -0.1) is 11.6 Å². The minimum atomic E-state index is 0.379. The van der Waals surface area contributed by atoms with Gasteiger partial charge < -0.3 is 4.57 Å². The maximum Gasteiger partial charge on any atom is 0.121 e. The first kappa shape index (κ1) is 10.1. The van der Waals surface area contributed by atoms with Gasteiger partial charge in [0.25, 0.3) is 0 Å². The molecule has 0 aliphatic carbocycles. The van der Waals surface area contributed by atoms with Gasteiger partial charge in [-0.05, 0) is 12.1 Å². The van der Waals surface area contributed by atoms with Crippen LogP contribution in [0.15, 0.2) is 24.3 Å². The minimum Gasteiger partial charge on any atom is -0.330 e. The number of hydrogen-bond donors (Lipinski definition) is 0. The van der Waals surface area contributed by atoms with E-state index in [4.69, 9.17) is 11.6 Å². The average molecular weight is 219 g/mol. The van der Waals surface area contributed by atoms with Crippen molar-refractivity contribution in [3.05, 3.63) is 30.1 Å². The smallest absolute Gasteiger partial charge is 0.121 e. The van der Waals surface area contributed by atoms with Crippen LogP contribution >= 0.6 is 11.6 Å². The molecule has 1 heterocycles. The summed E-state index contributed by atoms with van der Waals surface area (Å²) in [5.74, 6) is 7.18. The molecule has 0 saturated heterocycles. The molecule has 0 aliphatic rings. The van der Waals surface area contributed by atoms with E-state index in [1.54, 1.807) is 0 Å². The molecule has 15 heavy (non-hydrogen) atoms. The Morgan fingerprint density at radius 2 is 2.13 bits per heavy atom. The van der Waals surface area contributed by atoms with Gasteiger partial charge in [0.1, 0.15) is 5.82 Å². The number of hydrogen-bond acceptors (Lipinski definition) is 1. The minimum absolute atomic E-state index is 0.379. The zero-order valence-electron chi connectivity index (χ0n) is 8.50. The fourth-order valence-corrected chi connectivity index (χ4v) is 1.64. The highest BCUT2D eigenvalue weighted by Crippen LogP contribution is 2.13. The molecule has 0 unspecified atom stereocenters. The summed E-state index contributed by atoms with van der Waals surface area (Å²) in [6, 6.07) is 8.07. The maximum absolute atomic E-state index is 5.49. The lowest BCUT2D eigenvalue weighted by atomic mass is 10.3. The second kappa shape index (κ2) is 4.37. The third-order valence-corrected chi connectivity index (χ3v) is 2.45. The molecule has 0 bridgehead atoms. The number of halogens is 1. The Kier molecular flexibility index (Phi) is 2.94. The number of rotatable bonds is 1. The molecule has 0 atom stereocenters. The van der Waals surface area contributed by atoms with Gasteiger partial charge in [0.05, 0.1) is 23.3 Å². The molecule has 0 N–H and O–H groups in total. The Hall–Kier alpha value is -1.46. The van der Waals surface area contributed by atoms with E-state index in [0.29, 0.717) is 12.3 Å². The molecule has 2 nitrogen and oxygen atoms in total. The van der Waals surface area contributed by atoms with Crippen molar-refractivity contribution < 1.29 is 0 Å². The van der Waals surface area contributed by atoms with E-state index in [-0.39, 0.29) is 0 Å². The zero-order chi connectivity index (χ0) is 10.7. The third-order valence-electron chi connectivity index (χ3n) is 2.32. The van der Waals surface area contributed by atoms with Crippen LogP contribution in [0.25, 0.3) is 11.0 Å². The van der Waals surface area contributed by atoms with Crippen LogP contribution in [0.1, 0.15) is 5.82 Å². The Labute approximate surface area is 93.9 Å². The first-order valence-electron chi connectivity index (χ1n) is 4.75. The summed E-state index contributed by atoms with van der Waals surface area (Å²) in [5, 5.41) is 0. The second-order valence-corrected chi connectivity index (χ2v) is 3.51. The van der Waals surface area contributed by atoms with Gasteiger partial charge in [0, 0.05) is 7.05 Å². The summed E-state index contributed by atoms with van der Waals surface area (Å²) in [5.41, 5.74) is 2.16. The number of aryl methyl sites for hydroxylation is 1. The predicted molar refractivity (Wildman–Crippen MR) is 62.9 cm³/mol. The zero-order valence-corrected chi connectivity index (χ0v) is 9.25. The largest absolute Gasteiger partial charge is 0.330 e. The number of para-hydroxylation sites is 2. The topological polar surface area (TPSA) is 17.8 Å². The Morgan fingerprint density at radius 3 is 2.87 bits per heavy atom. The lowest BCUT2D eigenvalue weighted by Crippen LogP contribution is -1.96. The highest BCUT2D eigenvalue weighted by Gasteiger charge is 2.04. The Morgan fingerprint density at radius 1 is 1.33 bits per heavy atom. The van der Waals surface area contributed by atoms with Crippen LogP contribution in [0, 0.1) is 11.8 Å². The first-order valence-corrected chi connectivity index (χ1v) is 5.28. The van der Waals surface area contributed by atoms with Crippen LogP contribution in [-0.4, -0.2) is 15.4 Å². The maximum atomic E-state index is 5.49. The van der Waals surface area contributed by atoms with Crippen LogP contribution < -0.4 is 0 Å². The van der Waals surface area contributed by atoms with Gasteiger partial charge in [0.2, 0.25) is 0 Å². The number of imidazole rings is 1. The van der Waals surface area contributed by atoms with Crippen molar-refractivity contribution in [2.45, 2.75) is 6.42 Å². The van der Waals surface area contributed by atoms with E-state index in [9.17, 15) is 0 Å². The van der Waals surface area contributed by atoms with Crippen LogP contribution in [0.4, 0.5) is 0 Å². The van der Waals surface area contributed by atoms with Gasteiger partial charge in [-0.2, -0.15) is 0 Å². The molecule has 0 saturated carbocycles. The van der Waals surface area contributed by atoms with Crippen molar-refractivity contribution in [2.75, 3.05) is 5.88 Å². The van der Waals surface area contributed by atoms with Crippen molar-refractivity contribution >= 4 is 22.6 Å². The lowest BCUT2D eigenvalue weighted by molar-refractivity contribution is 0.861. The van der Waals surface area contributed by atoms with Crippen LogP contribution in [-0.2, 0) is 13.5 Å². The summed E-state index contributed by atoms with van der Waals surface area (Å²) in [6.45, 7) is 0. The van der Waals surface area contributed by atoms with Crippen LogP contribution in [0.2, 0.25) is 0 Å². The summed E-state index contributed by atoms with van der Waals surface area (Å²) in [6.07, 6.45) is 0.651. The Balaban J connectivity index is 2.40. The lowest BCUT2D eigenvalue weighted by Gasteiger charge is -1.96. The standard InChI is InChI=1S/C12H11ClN2/c1-15-11-7-3-2-6-10(11)14-12(15)8-4-5-9-13/h2-3,6-7H,8-9H2,1H3. The molecule has 0 amide bonds. The summed E-state index contributed by atoms with van der Waals surface area (Å²) in [7, 11) is 2.01. The van der Waals surface area contributed by atoms with Crippen molar-refractivity contribution in [2.24, 2.45) is 7.05 Å². The highest BCUT2D eigenvalue weighted by molar-refractivity contribution is 6.19. The molecule has 1 aromatic heterocycles. The first-order chi connectivity index (χ1) is 7.33. The van der Waals surface area contributed by atoms with E-state index in [1.165, 1.54) is 0 Å². The summed E-state index contributed by atoms with van der Waals surface area (Å²) < 4.78 is 2.07. The molecule has 1 aromatic carbocycles. The van der Waals surface area contributed by atoms with Crippen molar-refractivity contribution in [1.29, 1.82) is 0 Å². The monoisotopic (exact) mass is 218 g/mol. The second-order valence-electron chi connectivity index (χ2n) is 3.24. The van der Waals surface area contributed by atoms with Gasteiger partial charge in [0.15, 0.2) is 0 Å². The van der Waals surface area contributed by atoms with Crippen molar-refractivity contribution in [3.8, 4) is 11.8 Å². The van der Waals surface area contributed by atoms with Crippen molar-refractivity contribution in [1.82, 2.24) is 9.55 Å². The van der Waals surface area contributed by atoms with Crippen molar-refractivity contribution in [3.63, 3.8) is 0 Å². The van der Waals surface area contributed by atoms with Gasteiger partial charge in [-0.3, -0.25) is 0 Å². The fraction of sp³-hybridized carbons (Fsp3) is 0.250. The molecule has 2 rings (SSSR count). The van der Waals surface area contributed by atoms with Gasteiger partial charge in [-0.25, -0.2) is 4.98 Å². The molecule has 3 heteroatoms. The third kappa shape index (κ3) is 1.98. The Bertz CT molecular complexity index is 531. The van der Waals surface area contributed by atoms with E-state index in [0.717, 1.165) is 16.9 Å². The van der Waals surface area contributed by atoms with E-state index in [2.05, 4.69) is 27.5 Å². The van der Waals surface area contributed by atoms with E-state index in [1.807, 2.05) is 25.2 Å². The fourth-order valence-electron chi connectivity index (χ4n) is 1.54. The molecule has 0 radical (unpaired) electrons. The number of fused-ring (bicyclic) bond motifs is 1. The van der Waals surface area contributed by atoms with Crippen LogP contribution in [0.5, 0.6) is 0 Å². The molecule has 0 spiro atoms. The van der Waals surface area contributed by atoms with E-state index >= 15 is 0 Å². The predicted octanol–water partition coefficient (Wildman–Crippen LogP) is 2.36. The quantitative estimate of drug-likeness (QED) is 0.531. The molecule has 2 aromatic rings. The average Bonchev–Trinajstić information content (AvgIpc) is 2.57. The SMILES string of the molecule is Cn1c(CC#CCCl)nc2ccccc21. The number of nitrogens with zero attached hydrogens (tertiary/aromatic N) is 2. The number of aromatic nitrogens is 2. The van der Waals surface area contributed by atoms with Crippen LogP contribution in [0.3, 0.4) is 0 Å². The molecule has 0 aliphatic heterocycles. The summed E-state index contributed by atoms with van der Waals surface area (Å²) in [4.78, 5) is 4.50. The number of alkyl halides is 1. The molecular weight excluding hydrogens is 208 g/mol. The normalized spacial score (nSPS) is 10.0. The van der Waals surface area contributed by atoms with Gasteiger partial charge in [-0.1, -0.05) is 24.0 Å². The molecule has 76 valence electrons. The highest BCUT2D eigenvalue weighted by atomic mass is 35.5. The summed E-state index contributed by atoms with van der Waals surface area (Å²) >= 11 is 5.49. The van der Waals surface area contributed by atoms with E-state index < -0.39 is 0 Å². The van der Waals surface area contributed by atoms with Gasteiger partial charge >= 0.3 is 0 Å². The molecule has 0 fully saturated rings. The number of benzene rings is 1.